The van der Waals surface area contributed by atoms with Gasteiger partial charge in [-0.05, 0) is 48.6 Å². The molecular formula is C16H24O. The standard InChI is InChI=1S/C16H24O/c1-12(2)14-6-4-5-7-15(14)16(17)10-8-13(3)9-11-16/h4-7,12-13,17H,8-11H2,1-3H3. The van der Waals surface area contributed by atoms with E-state index in [2.05, 4.69) is 45.0 Å². The van der Waals surface area contributed by atoms with E-state index in [9.17, 15) is 5.11 Å². The van der Waals surface area contributed by atoms with Gasteiger partial charge in [-0.3, -0.25) is 0 Å². The second-order valence-electron chi connectivity index (χ2n) is 5.96. The van der Waals surface area contributed by atoms with Gasteiger partial charge in [-0.1, -0.05) is 45.0 Å². The van der Waals surface area contributed by atoms with Crippen molar-refractivity contribution >= 4 is 0 Å². The lowest BCUT2D eigenvalue weighted by Crippen LogP contribution is -2.32. The van der Waals surface area contributed by atoms with Crippen molar-refractivity contribution < 1.29 is 5.11 Å². The molecule has 0 saturated heterocycles. The van der Waals surface area contributed by atoms with Gasteiger partial charge in [0, 0.05) is 0 Å². The molecule has 0 aromatic heterocycles. The van der Waals surface area contributed by atoms with Gasteiger partial charge in [0.2, 0.25) is 0 Å². The van der Waals surface area contributed by atoms with Crippen LogP contribution in [0.4, 0.5) is 0 Å². The van der Waals surface area contributed by atoms with E-state index in [1.54, 1.807) is 0 Å². The molecule has 0 spiro atoms. The molecule has 0 aliphatic heterocycles. The summed E-state index contributed by atoms with van der Waals surface area (Å²) in [6.45, 7) is 6.69. The molecule has 17 heavy (non-hydrogen) atoms. The summed E-state index contributed by atoms with van der Waals surface area (Å²) in [6.07, 6.45) is 4.11. The Kier molecular flexibility index (Phi) is 3.58. The van der Waals surface area contributed by atoms with Gasteiger partial charge in [0.15, 0.2) is 0 Å². The first kappa shape index (κ1) is 12.6. The Labute approximate surface area is 105 Å². The van der Waals surface area contributed by atoms with E-state index in [1.807, 2.05) is 0 Å². The summed E-state index contributed by atoms with van der Waals surface area (Å²) in [4.78, 5) is 0. The SMILES string of the molecule is CC1CCC(O)(c2ccccc2C(C)C)CC1. The Morgan fingerprint density at radius 3 is 2.35 bits per heavy atom. The molecule has 1 fully saturated rings. The van der Waals surface area contributed by atoms with E-state index < -0.39 is 5.60 Å². The van der Waals surface area contributed by atoms with Crippen LogP contribution < -0.4 is 0 Å². The second kappa shape index (κ2) is 4.81. The summed E-state index contributed by atoms with van der Waals surface area (Å²) >= 11 is 0. The molecule has 0 unspecified atom stereocenters. The highest BCUT2D eigenvalue weighted by molar-refractivity contribution is 5.34. The van der Waals surface area contributed by atoms with Crippen molar-refractivity contribution in [3.05, 3.63) is 35.4 Å². The number of hydrogen-bond donors (Lipinski definition) is 1. The third-order valence-electron chi connectivity index (χ3n) is 4.19. The van der Waals surface area contributed by atoms with E-state index in [0.717, 1.165) is 31.6 Å². The first-order valence-corrected chi connectivity index (χ1v) is 6.85. The van der Waals surface area contributed by atoms with Crippen LogP contribution in [0.1, 0.15) is 63.5 Å². The fourth-order valence-corrected chi connectivity index (χ4v) is 2.93. The monoisotopic (exact) mass is 232 g/mol. The molecule has 2 rings (SSSR count). The molecule has 1 aromatic carbocycles. The quantitative estimate of drug-likeness (QED) is 0.810. The Balaban J connectivity index is 2.33. The maximum atomic E-state index is 10.9. The second-order valence-corrected chi connectivity index (χ2v) is 5.96. The molecular weight excluding hydrogens is 208 g/mol. The fraction of sp³-hybridized carbons (Fsp3) is 0.625. The van der Waals surface area contributed by atoms with E-state index in [0.29, 0.717) is 5.92 Å². The fourth-order valence-electron chi connectivity index (χ4n) is 2.93. The number of rotatable bonds is 2. The summed E-state index contributed by atoms with van der Waals surface area (Å²) in [7, 11) is 0. The molecule has 1 aliphatic carbocycles. The van der Waals surface area contributed by atoms with Gasteiger partial charge in [0.05, 0.1) is 5.60 Å². The molecule has 0 bridgehead atoms. The van der Waals surface area contributed by atoms with Crippen LogP contribution >= 0.6 is 0 Å². The molecule has 1 aromatic rings. The van der Waals surface area contributed by atoms with Crippen molar-refractivity contribution in [2.24, 2.45) is 5.92 Å². The van der Waals surface area contributed by atoms with Crippen molar-refractivity contribution in [2.45, 2.75) is 58.0 Å². The van der Waals surface area contributed by atoms with E-state index in [-0.39, 0.29) is 0 Å². The van der Waals surface area contributed by atoms with Crippen molar-refractivity contribution in [3.63, 3.8) is 0 Å². The van der Waals surface area contributed by atoms with Crippen LogP contribution in [-0.4, -0.2) is 5.11 Å². The highest BCUT2D eigenvalue weighted by Crippen LogP contribution is 2.41. The van der Waals surface area contributed by atoms with Gasteiger partial charge >= 0.3 is 0 Å². The van der Waals surface area contributed by atoms with Crippen LogP contribution in [-0.2, 0) is 5.60 Å². The average molecular weight is 232 g/mol. The number of benzene rings is 1. The minimum Gasteiger partial charge on any atom is -0.385 e. The molecule has 0 radical (unpaired) electrons. The maximum absolute atomic E-state index is 10.9. The van der Waals surface area contributed by atoms with Gasteiger partial charge in [0.25, 0.3) is 0 Å². The van der Waals surface area contributed by atoms with Crippen LogP contribution in [0.5, 0.6) is 0 Å². The normalized spacial score (nSPS) is 29.6. The predicted octanol–water partition coefficient (Wildman–Crippen LogP) is 4.21. The summed E-state index contributed by atoms with van der Waals surface area (Å²) in [5.41, 5.74) is 1.90. The molecule has 0 amide bonds. The summed E-state index contributed by atoms with van der Waals surface area (Å²) in [5.74, 6) is 1.25. The minimum absolute atomic E-state index is 0.481. The minimum atomic E-state index is -0.576. The van der Waals surface area contributed by atoms with Crippen LogP contribution in [0, 0.1) is 5.92 Å². The summed E-state index contributed by atoms with van der Waals surface area (Å²) < 4.78 is 0. The lowest BCUT2D eigenvalue weighted by atomic mass is 9.73. The molecule has 0 atom stereocenters. The zero-order valence-electron chi connectivity index (χ0n) is 11.2. The Bertz CT molecular complexity index is 373. The molecule has 94 valence electrons. The molecule has 0 heterocycles. The molecule has 1 saturated carbocycles. The molecule has 1 aliphatic rings. The predicted molar refractivity (Wildman–Crippen MR) is 72.1 cm³/mol. The highest BCUT2D eigenvalue weighted by Gasteiger charge is 2.35. The van der Waals surface area contributed by atoms with Gasteiger partial charge in [-0.15, -0.1) is 0 Å². The van der Waals surface area contributed by atoms with Crippen molar-refractivity contribution in [3.8, 4) is 0 Å². The summed E-state index contributed by atoms with van der Waals surface area (Å²) in [5, 5.41) is 10.9. The van der Waals surface area contributed by atoms with Crippen molar-refractivity contribution in [1.29, 1.82) is 0 Å². The van der Waals surface area contributed by atoms with Crippen molar-refractivity contribution in [1.82, 2.24) is 0 Å². The van der Waals surface area contributed by atoms with E-state index in [4.69, 9.17) is 0 Å². The van der Waals surface area contributed by atoms with Gasteiger partial charge < -0.3 is 5.11 Å². The highest BCUT2D eigenvalue weighted by atomic mass is 16.3. The van der Waals surface area contributed by atoms with Crippen LogP contribution in [0.3, 0.4) is 0 Å². The van der Waals surface area contributed by atoms with Gasteiger partial charge in [0.1, 0.15) is 0 Å². The third kappa shape index (κ3) is 2.55. The maximum Gasteiger partial charge on any atom is 0.0899 e. The lowest BCUT2D eigenvalue weighted by Gasteiger charge is -2.37. The Morgan fingerprint density at radius 2 is 1.76 bits per heavy atom. The van der Waals surface area contributed by atoms with Crippen LogP contribution in [0.2, 0.25) is 0 Å². The first-order chi connectivity index (χ1) is 8.03. The molecule has 1 N–H and O–H groups in total. The topological polar surface area (TPSA) is 20.2 Å². The van der Waals surface area contributed by atoms with Gasteiger partial charge in [-0.25, -0.2) is 0 Å². The van der Waals surface area contributed by atoms with Crippen LogP contribution in [0.15, 0.2) is 24.3 Å². The average Bonchev–Trinajstić information content (AvgIpc) is 2.33. The number of hydrogen-bond acceptors (Lipinski definition) is 1. The van der Waals surface area contributed by atoms with E-state index in [1.165, 1.54) is 11.1 Å². The van der Waals surface area contributed by atoms with E-state index >= 15 is 0 Å². The first-order valence-electron chi connectivity index (χ1n) is 6.85. The zero-order chi connectivity index (χ0) is 12.5. The zero-order valence-corrected chi connectivity index (χ0v) is 11.2. The Morgan fingerprint density at radius 1 is 1.18 bits per heavy atom. The van der Waals surface area contributed by atoms with Crippen LogP contribution in [0.25, 0.3) is 0 Å². The summed E-state index contributed by atoms with van der Waals surface area (Å²) in [6, 6.07) is 8.41. The smallest absolute Gasteiger partial charge is 0.0899 e. The molecule has 1 heteroatoms. The third-order valence-corrected chi connectivity index (χ3v) is 4.19. The number of aliphatic hydroxyl groups is 1. The largest absolute Gasteiger partial charge is 0.385 e. The van der Waals surface area contributed by atoms with Gasteiger partial charge in [-0.2, -0.15) is 0 Å². The van der Waals surface area contributed by atoms with Crippen molar-refractivity contribution in [2.75, 3.05) is 0 Å². The lowest BCUT2D eigenvalue weighted by molar-refractivity contribution is -0.0129. The molecule has 1 nitrogen and oxygen atoms in total. The Hall–Kier alpha value is -0.820.